The van der Waals surface area contributed by atoms with Crippen LogP contribution in [-0.4, -0.2) is 42.5 Å². The fourth-order valence-corrected chi connectivity index (χ4v) is 4.71. The molecule has 1 aliphatic rings. The Balaban J connectivity index is 1.42. The summed E-state index contributed by atoms with van der Waals surface area (Å²) in [4.78, 5) is 43.6. The molecule has 2 aromatic heterocycles. The number of aromatic nitrogens is 1. The molecule has 1 aromatic carbocycles. The van der Waals surface area contributed by atoms with Crippen molar-refractivity contribution >= 4 is 62.8 Å². The number of amides is 3. The molecule has 2 N–H and O–H groups in total. The van der Waals surface area contributed by atoms with E-state index in [0.717, 1.165) is 16.9 Å². The number of para-hydroxylation sites is 1. The van der Waals surface area contributed by atoms with Crippen LogP contribution in [0.3, 0.4) is 0 Å². The van der Waals surface area contributed by atoms with E-state index in [0.29, 0.717) is 38.1 Å². The second-order valence-electron chi connectivity index (χ2n) is 6.50. The molecule has 160 valence electrons. The summed E-state index contributed by atoms with van der Waals surface area (Å²) in [5, 5.41) is 6.15. The third kappa shape index (κ3) is 5.10. The second kappa shape index (κ2) is 9.56. The molecule has 31 heavy (non-hydrogen) atoms. The lowest BCUT2D eigenvalue weighted by Crippen LogP contribution is -2.41. The first-order valence-electron chi connectivity index (χ1n) is 9.28. The zero-order chi connectivity index (χ0) is 21.8. The number of halogens is 1. The molecule has 3 heterocycles. The van der Waals surface area contributed by atoms with Crippen LogP contribution in [0.2, 0.25) is 4.34 Å². The van der Waals surface area contributed by atoms with Crippen molar-refractivity contribution in [2.45, 2.75) is 6.54 Å². The van der Waals surface area contributed by atoms with Crippen LogP contribution >= 0.6 is 34.3 Å². The fourth-order valence-electron chi connectivity index (χ4n) is 2.89. The number of anilines is 2. The fraction of sp³-hybridized carbons (Fsp3) is 0.200. The summed E-state index contributed by atoms with van der Waals surface area (Å²) in [6.45, 7) is 1.09. The van der Waals surface area contributed by atoms with E-state index in [1.54, 1.807) is 24.3 Å². The molecule has 0 spiro atoms. The Hall–Kier alpha value is -2.79. The number of carbonyl (C=O) groups excluding carboxylic acids is 3. The Morgan fingerprint density at radius 1 is 1.13 bits per heavy atom. The van der Waals surface area contributed by atoms with E-state index in [1.165, 1.54) is 22.4 Å². The number of hydrogen-bond acceptors (Lipinski definition) is 7. The lowest BCUT2D eigenvalue weighted by molar-refractivity contribution is -0.125. The van der Waals surface area contributed by atoms with E-state index in [9.17, 15) is 14.4 Å². The Morgan fingerprint density at radius 2 is 1.97 bits per heavy atom. The molecule has 1 saturated heterocycles. The number of nitrogens with one attached hydrogen (secondary N) is 2. The molecule has 3 aromatic rings. The maximum atomic E-state index is 12.7. The number of rotatable bonds is 6. The van der Waals surface area contributed by atoms with Crippen LogP contribution in [0.15, 0.2) is 42.6 Å². The van der Waals surface area contributed by atoms with E-state index in [-0.39, 0.29) is 30.9 Å². The topological polar surface area (TPSA) is 101 Å². The Morgan fingerprint density at radius 3 is 2.74 bits per heavy atom. The van der Waals surface area contributed by atoms with Crippen LogP contribution in [0, 0.1) is 0 Å². The molecule has 0 bridgehead atoms. The van der Waals surface area contributed by atoms with Crippen LogP contribution in [0.5, 0.6) is 0 Å². The van der Waals surface area contributed by atoms with Crippen molar-refractivity contribution < 1.29 is 19.1 Å². The van der Waals surface area contributed by atoms with Gasteiger partial charge in [0.2, 0.25) is 0 Å². The summed E-state index contributed by atoms with van der Waals surface area (Å²) in [5.41, 5.74) is 1.33. The van der Waals surface area contributed by atoms with E-state index in [1.807, 2.05) is 12.1 Å². The number of thiazole rings is 1. The van der Waals surface area contributed by atoms with Crippen molar-refractivity contribution in [3.63, 3.8) is 0 Å². The van der Waals surface area contributed by atoms with Gasteiger partial charge in [0.05, 0.1) is 28.6 Å². The van der Waals surface area contributed by atoms with Crippen LogP contribution < -0.4 is 15.5 Å². The Bertz CT molecular complexity index is 1130. The van der Waals surface area contributed by atoms with Gasteiger partial charge in [-0.05, 0) is 23.8 Å². The summed E-state index contributed by atoms with van der Waals surface area (Å²) in [6, 6.07) is 10.5. The van der Waals surface area contributed by atoms with Gasteiger partial charge < -0.3 is 15.4 Å². The predicted octanol–water partition coefficient (Wildman–Crippen LogP) is 3.40. The van der Waals surface area contributed by atoms with Crippen molar-refractivity contribution in [1.82, 2.24) is 10.3 Å². The zero-order valence-corrected chi connectivity index (χ0v) is 18.5. The molecule has 0 unspecified atom stereocenters. The standard InChI is InChI=1S/C20H17ClN4O4S2/c21-16-6-5-14(30-16)18(27)22-9-12-3-1-2-4-13(12)24-19(28)15-10-23-20(31-15)25-7-8-29-11-17(25)26/h1-6,10H,7-9,11H2,(H,22,27)(H,24,28). The van der Waals surface area contributed by atoms with Gasteiger partial charge in [-0.25, -0.2) is 4.98 Å². The quantitative estimate of drug-likeness (QED) is 0.568. The number of nitrogens with zero attached hydrogens (tertiary/aromatic N) is 2. The molecule has 3 amide bonds. The molecule has 1 aliphatic heterocycles. The Kier molecular flexibility index (Phi) is 6.62. The summed E-state index contributed by atoms with van der Waals surface area (Å²) < 4.78 is 5.66. The number of morpholine rings is 1. The SMILES string of the molecule is O=C(NCc1ccccc1NC(=O)c1cnc(N2CCOCC2=O)s1)c1ccc(Cl)s1. The van der Waals surface area contributed by atoms with Crippen LogP contribution in [0.1, 0.15) is 24.9 Å². The molecule has 4 rings (SSSR count). The number of benzene rings is 1. The highest BCUT2D eigenvalue weighted by atomic mass is 35.5. The Labute approximate surface area is 190 Å². The monoisotopic (exact) mass is 476 g/mol. The highest BCUT2D eigenvalue weighted by Gasteiger charge is 2.24. The first-order valence-corrected chi connectivity index (χ1v) is 11.3. The van der Waals surface area contributed by atoms with Crippen LogP contribution in [0.25, 0.3) is 0 Å². The van der Waals surface area contributed by atoms with Crippen LogP contribution in [0.4, 0.5) is 10.8 Å². The third-order valence-electron chi connectivity index (χ3n) is 4.44. The summed E-state index contributed by atoms with van der Waals surface area (Å²) in [7, 11) is 0. The molecule has 1 fully saturated rings. The summed E-state index contributed by atoms with van der Waals surface area (Å²) in [5.74, 6) is -0.755. The molecule has 8 nitrogen and oxygen atoms in total. The third-order valence-corrected chi connectivity index (χ3v) is 6.68. The van der Waals surface area contributed by atoms with Gasteiger partial charge in [-0.1, -0.05) is 41.1 Å². The molecule has 0 aliphatic carbocycles. The van der Waals surface area contributed by atoms with Gasteiger partial charge in [0.25, 0.3) is 17.7 Å². The number of thiophene rings is 1. The van der Waals surface area contributed by atoms with E-state index < -0.39 is 0 Å². The molecule has 0 atom stereocenters. The largest absolute Gasteiger partial charge is 0.370 e. The van der Waals surface area contributed by atoms with Gasteiger partial charge in [0.15, 0.2) is 5.13 Å². The van der Waals surface area contributed by atoms with E-state index >= 15 is 0 Å². The van der Waals surface area contributed by atoms with Gasteiger partial charge in [-0.15, -0.1) is 11.3 Å². The predicted molar refractivity (Wildman–Crippen MR) is 120 cm³/mol. The minimum absolute atomic E-state index is 0.0118. The molecule has 11 heteroatoms. The lowest BCUT2D eigenvalue weighted by Gasteiger charge is -2.23. The van der Waals surface area contributed by atoms with Gasteiger partial charge in [0.1, 0.15) is 11.5 Å². The maximum absolute atomic E-state index is 12.7. The highest BCUT2D eigenvalue weighted by Crippen LogP contribution is 2.26. The van der Waals surface area contributed by atoms with Crippen molar-refractivity contribution in [2.24, 2.45) is 0 Å². The van der Waals surface area contributed by atoms with Crippen molar-refractivity contribution in [2.75, 3.05) is 30.0 Å². The number of ether oxygens (including phenoxy) is 1. The molecular formula is C20H17ClN4O4S2. The average molecular weight is 477 g/mol. The van der Waals surface area contributed by atoms with E-state index in [4.69, 9.17) is 16.3 Å². The average Bonchev–Trinajstić information content (AvgIpc) is 3.43. The normalized spacial score (nSPS) is 13.8. The maximum Gasteiger partial charge on any atom is 0.267 e. The smallest absolute Gasteiger partial charge is 0.267 e. The minimum atomic E-state index is -0.340. The zero-order valence-electron chi connectivity index (χ0n) is 16.1. The van der Waals surface area contributed by atoms with E-state index in [2.05, 4.69) is 15.6 Å². The van der Waals surface area contributed by atoms with Crippen LogP contribution in [-0.2, 0) is 16.1 Å². The molecular weight excluding hydrogens is 460 g/mol. The lowest BCUT2D eigenvalue weighted by atomic mass is 10.1. The first kappa shape index (κ1) is 21.4. The molecule has 0 saturated carbocycles. The van der Waals surface area contributed by atoms with Crippen molar-refractivity contribution in [3.8, 4) is 0 Å². The number of hydrogen-bond donors (Lipinski definition) is 2. The van der Waals surface area contributed by atoms with Crippen molar-refractivity contribution in [1.29, 1.82) is 0 Å². The first-order chi connectivity index (χ1) is 15.0. The molecule has 0 radical (unpaired) electrons. The summed E-state index contributed by atoms with van der Waals surface area (Å²) in [6.07, 6.45) is 1.45. The number of carbonyl (C=O) groups is 3. The van der Waals surface area contributed by atoms with Gasteiger partial charge in [-0.2, -0.15) is 0 Å². The van der Waals surface area contributed by atoms with Gasteiger partial charge in [-0.3, -0.25) is 19.3 Å². The van der Waals surface area contributed by atoms with Crippen molar-refractivity contribution in [3.05, 3.63) is 62.2 Å². The second-order valence-corrected chi connectivity index (χ2v) is 9.23. The van der Waals surface area contributed by atoms with Gasteiger partial charge >= 0.3 is 0 Å². The minimum Gasteiger partial charge on any atom is -0.370 e. The summed E-state index contributed by atoms with van der Waals surface area (Å²) >= 11 is 8.22. The van der Waals surface area contributed by atoms with Gasteiger partial charge in [0, 0.05) is 12.2 Å². The highest BCUT2D eigenvalue weighted by molar-refractivity contribution is 7.18.